The van der Waals surface area contributed by atoms with E-state index in [1.807, 2.05) is 49.4 Å². The van der Waals surface area contributed by atoms with E-state index in [0.717, 1.165) is 15.6 Å². The number of hydrazone groups is 1. The predicted molar refractivity (Wildman–Crippen MR) is 136 cm³/mol. The van der Waals surface area contributed by atoms with Crippen LogP contribution in [0.2, 0.25) is 0 Å². The molecule has 7 nitrogen and oxygen atoms in total. The summed E-state index contributed by atoms with van der Waals surface area (Å²) in [6.45, 7) is 2.39. The Morgan fingerprint density at radius 2 is 1.74 bits per heavy atom. The maximum atomic E-state index is 12.1. The van der Waals surface area contributed by atoms with Crippen LogP contribution in [-0.2, 0) is 16.2 Å². The zero-order valence-electron chi connectivity index (χ0n) is 19.0. The van der Waals surface area contributed by atoms with E-state index in [2.05, 4.69) is 37.8 Å². The smallest absolute Gasteiger partial charge is 0.240 e. The van der Waals surface area contributed by atoms with Crippen LogP contribution in [0.5, 0.6) is 11.5 Å². The summed E-state index contributed by atoms with van der Waals surface area (Å²) in [4.78, 5) is 24.2. The molecule has 0 radical (unpaired) electrons. The first-order chi connectivity index (χ1) is 16.4. The topological polar surface area (TPSA) is 89.0 Å². The third kappa shape index (κ3) is 7.74. The first-order valence-electron chi connectivity index (χ1n) is 10.7. The van der Waals surface area contributed by atoms with Crippen LogP contribution in [0, 0.1) is 6.92 Å². The number of nitrogens with one attached hydrogen (secondary N) is 2. The Hall–Kier alpha value is -3.65. The molecule has 0 spiro atoms. The predicted octanol–water partition coefficient (Wildman–Crippen LogP) is 5.21. The van der Waals surface area contributed by atoms with Crippen molar-refractivity contribution >= 4 is 39.6 Å². The molecule has 0 aliphatic heterocycles. The molecule has 2 amide bonds. The summed E-state index contributed by atoms with van der Waals surface area (Å²) in [7, 11) is 1.57. The van der Waals surface area contributed by atoms with Crippen molar-refractivity contribution in [3.63, 3.8) is 0 Å². The van der Waals surface area contributed by atoms with Crippen LogP contribution in [-0.4, -0.2) is 25.1 Å². The quantitative estimate of drug-likeness (QED) is 0.282. The number of hydrogen-bond donors (Lipinski definition) is 2. The fourth-order valence-corrected chi connectivity index (χ4v) is 3.38. The fourth-order valence-electron chi connectivity index (χ4n) is 3.12. The number of carbonyl (C=O) groups is 2. The average Bonchev–Trinajstić information content (AvgIpc) is 2.83. The minimum atomic E-state index is -0.368. The molecule has 3 rings (SSSR count). The van der Waals surface area contributed by atoms with Crippen molar-refractivity contribution in [2.24, 2.45) is 5.10 Å². The molecule has 0 bridgehead atoms. The van der Waals surface area contributed by atoms with Crippen LogP contribution in [0.25, 0.3) is 0 Å². The van der Waals surface area contributed by atoms with E-state index in [0.29, 0.717) is 29.4 Å². The number of methoxy groups -OCH3 is 1. The summed E-state index contributed by atoms with van der Waals surface area (Å²) in [5.74, 6) is 0.472. The van der Waals surface area contributed by atoms with E-state index in [9.17, 15) is 9.59 Å². The number of amides is 2. The molecule has 34 heavy (non-hydrogen) atoms. The lowest BCUT2D eigenvalue weighted by molar-refractivity contribution is -0.124. The highest BCUT2D eigenvalue weighted by Crippen LogP contribution is 2.31. The molecule has 2 N–H and O–H groups in total. The van der Waals surface area contributed by atoms with E-state index in [1.54, 1.807) is 25.3 Å². The van der Waals surface area contributed by atoms with Crippen molar-refractivity contribution in [2.45, 2.75) is 26.4 Å². The Balaban J connectivity index is 1.54. The number of benzene rings is 3. The third-order valence-electron chi connectivity index (χ3n) is 4.79. The van der Waals surface area contributed by atoms with E-state index < -0.39 is 0 Å². The lowest BCUT2D eigenvalue weighted by Crippen LogP contribution is -2.20. The van der Waals surface area contributed by atoms with Crippen LogP contribution >= 0.6 is 15.9 Å². The van der Waals surface area contributed by atoms with Crippen molar-refractivity contribution < 1.29 is 19.1 Å². The first-order valence-corrected chi connectivity index (χ1v) is 11.5. The maximum absolute atomic E-state index is 12.1. The minimum absolute atomic E-state index is 0.00846. The van der Waals surface area contributed by atoms with Gasteiger partial charge in [0.2, 0.25) is 11.8 Å². The Kier molecular flexibility index (Phi) is 9.22. The second kappa shape index (κ2) is 12.6. The lowest BCUT2D eigenvalue weighted by atomic mass is 10.1. The second-order valence-electron chi connectivity index (χ2n) is 7.50. The van der Waals surface area contributed by atoms with Gasteiger partial charge in [0.05, 0.1) is 13.3 Å². The van der Waals surface area contributed by atoms with Gasteiger partial charge in [0, 0.05) is 28.6 Å². The summed E-state index contributed by atoms with van der Waals surface area (Å²) in [6, 6.07) is 20.7. The molecule has 0 aromatic heterocycles. The van der Waals surface area contributed by atoms with E-state index in [-0.39, 0.29) is 24.7 Å². The van der Waals surface area contributed by atoms with Crippen LogP contribution in [0.4, 0.5) is 5.69 Å². The summed E-state index contributed by atoms with van der Waals surface area (Å²) < 4.78 is 12.4. The van der Waals surface area contributed by atoms with Crippen LogP contribution < -0.4 is 20.2 Å². The monoisotopic (exact) mass is 523 g/mol. The van der Waals surface area contributed by atoms with Crippen molar-refractivity contribution in [3.8, 4) is 11.5 Å². The van der Waals surface area contributed by atoms with Crippen LogP contribution in [0.3, 0.4) is 0 Å². The Morgan fingerprint density at radius 1 is 1.00 bits per heavy atom. The SMILES string of the molecule is COc1cccc(C=NNC(=O)CCC(=O)Nc2ccc(Br)cc2)c1OCc1cccc(C)c1. The zero-order valence-corrected chi connectivity index (χ0v) is 20.6. The van der Waals surface area contributed by atoms with Gasteiger partial charge in [0.25, 0.3) is 0 Å². The van der Waals surface area contributed by atoms with Gasteiger partial charge in [-0.1, -0.05) is 51.8 Å². The molecule has 0 aliphatic rings. The lowest BCUT2D eigenvalue weighted by Gasteiger charge is -2.13. The van der Waals surface area contributed by atoms with Gasteiger partial charge in [0.1, 0.15) is 6.61 Å². The largest absolute Gasteiger partial charge is 0.493 e. The van der Waals surface area contributed by atoms with Crippen molar-refractivity contribution in [1.82, 2.24) is 5.43 Å². The van der Waals surface area contributed by atoms with Gasteiger partial charge in [-0.2, -0.15) is 5.10 Å². The fraction of sp³-hybridized carbons (Fsp3) is 0.192. The molecule has 0 fully saturated rings. The standard InChI is InChI=1S/C26H26BrN3O4/c1-18-5-3-6-19(15-18)17-34-26-20(7-4-8-23(26)33-2)16-28-30-25(32)14-13-24(31)29-22-11-9-21(27)10-12-22/h3-12,15-16H,13-14,17H2,1-2H3,(H,29,31)(H,30,32). The van der Waals surface area contributed by atoms with Crippen LogP contribution in [0.15, 0.2) is 76.3 Å². The van der Waals surface area contributed by atoms with Crippen molar-refractivity contribution in [3.05, 3.63) is 87.9 Å². The van der Waals surface area contributed by atoms with Crippen LogP contribution in [0.1, 0.15) is 29.5 Å². The zero-order chi connectivity index (χ0) is 24.3. The number of rotatable bonds is 10. The maximum Gasteiger partial charge on any atom is 0.240 e. The Morgan fingerprint density at radius 3 is 2.47 bits per heavy atom. The van der Waals surface area contributed by atoms with Gasteiger partial charge in [0.15, 0.2) is 11.5 Å². The van der Waals surface area contributed by atoms with Gasteiger partial charge < -0.3 is 14.8 Å². The summed E-state index contributed by atoms with van der Waals surface area (Å²) in [6.07, 6.45) is 1.55. The van der Waals surface area contributed by atoms with Crippen molar-refractivity contribution in [1.29, 1.82) is 0 Å². The van der Waals surface area contributed by atoms with Gasteiger partial charge in [-0.25, -0.2) is 5.43 Å². The van der Waals surface area contributed by atoms with E-state index in [1.165, 1.54) is 6.21 Å². The Labute approximate surface area is 207 Å². The molecule has 3 aromatic carbocycles. The second-order valence-corrected chi connectivity index (χ2v) is 8.42. The highest BCUT2D eigenvalue weighted by Gasteiger charge is 2.11. The molecule has 8 heteroatoms. The molecule has 0 unspecified atom stereocenters. The number of ether oxygens (including phenoxy) is 2. The summed E-state index contributed by atoms with van der Waals surface area (Å²) in [5, 5.41) is 6.77. The number of aryl methyl sites for hydroxylation is 1. The number of para-hydroxylation sites is 1. The molecule has 0 atom stereocenters. The first kappa shape index (κ1) is 25.0. The molecular formula is C26H26BrN3O4. The van der Waals surface area contributed by atoms with Crippen molar-refractivity contribution in [2.75, 3.05) is 12.4 Å². The highest BCUT2D eigenvalue weighted by atomic mass is 79.9. The van der Waals surface area contributed by atoms with Gasteiger partial charge in [-0.3, -0.25) is 9.59 Å². The third-order valence-corrected chi connectivity index (χ3v) is 5.32. The summed E-state index contributed by atoms with van der Waals surface area (Å²) in [5.41, 5.74) is 5.95. The number of nitrogens with zero attached hydrogens (tertiary/aromatic N) is 1. The normalized spacial score (nSPS) is 10.7. The van der Waals surface area contributed by atoms with Gasteiger partial charge in [-0.05, 0) is 48.9 Å². The van der Waals surface area contributed by atoms with E-state index >= 15 is 0 Å². The molecule has 176 valence electrons. The molecule has 0 saturated heterocycles. The molecule has 3 aromatic rings. The summed E-state index contributed by atoms with van der Waals surface area (Å²) >= 11 is 3.34. The van der Waals surface area contributed by atoms with Gasteiger partial charge >= 0.3 is 0 Å². The number of hydrogen-bond acceptors (Lipinski definition) is 5. The highest BCUT2D eigenvalue weighted by molar-refractivity contribution is 9.10. The average molecular weight is 524 g/mol. The number of anilines is 1. The van der Waals surface area contributed by atoms with E-state index in [4.69, 9.17) is 9.47 Å². The molecule has 0 heterocycles. The number of halogens is 1. The number of carbonyl (C=O) groups excluding carboxylic acids is 2. The van der Waals surface area contributed by atoms with Gasteiger partial charge in [-0.15, -0.1) is 0 Å². The minimum Gasteiger partial charge on any atom is -0.493 e. The molecule has 0 saturated carbocycles. The Bertz CT molecular complexity index is 1160. The molecule has 0 aliphatic carbocycles. The molecular weight excluding hydrogens is 498 g/mol.